The lowest BCUT2D eigenvalue weighted by Gasteiger charge is -2.12. The summed E-state index contributed by atoms with van der Waals surface area (Å²) in [5.74, 6) is 0.253. The molecule has 2 rings (SSSR count). The molecule has 0 saturated heterocycles. The van der Waals surface area contributed by atoms with Crippen molar-refractivity contribution in [2.75, 3.05) is 11.1 Å². The van der Waals surface area contributed by atoms with E-state index >= 15 is 0 Å². The van der Waals surface area contributed by atoms with Crippen LogP contribution in [-0.2, 0) is 6.18 Å². The molecule has 0 bridgehead atoms. The molecule has 1 aromatic carbocycles. The second kappa shape index (κ2) is 5.49. The summed E-state index contributed by atoms with van der Waals surface area (Å²) in [4.78, 5) is 3.99. The molecule has 0 aliphatic carbocycles. The van der Waals surface area contributed by atoms with Gasteiger partial charge >= 0.3 is 6.18 Å². The number of pyridine rings is 1. The topological polar surface area (TPSA) is 50.9 Å². The van der Waals surface area contributed by atoms with E-state index in [9.17, 15) is 13.2 Å². The van der Waals surface area contributed by atoms with Gasteiger partial charge in [0.2, 0.25) is 0 Å². The Morgan fingerprint density at radius 3 is 2.50 bits per heavy atom. The van der Waals surface area contributed by atoms with Crippen LogP contribution in [0, 0.1) is 0 Å². The van der Waals surface area contributed by atoms with Crippen LogP contribution in [0.15, 0.2) is 34.9 Å². The lowest BCUT2D eigenvalue weighted by molar-refractivity contribution is -0.137. The van der Waals surface area contributed by atoms with Gasteiger partial charge in [-0.3, -0.25) is 0 Å². The first-order valence-electron chi connectivity index (χ1n) is 5.31. The molecule has 0 radical (unpaired) electrons. The van der Waals surface area contributed by atoms with Crippen molar-refractivity contribution in [3.63, 3.8) is 0 Å². The Kier molecular flexibility index (Phi) is 4.10. The summed E-state index contributed by atoms with van der Waals surface area (Å²) >= 11 is 8.88. The molecule has 0 spiro atoms. The van der Waals surface area contributed by atoms with E-state index < -0.39 is 11.7 Å². The molecule has 8 heteroatoms. The third-order valence-corrected chi connectivity index (χ3v) is 3.02. The van der Waals surface area contributed by atoms with Crippen LogP contribution in [-0.4, -0.2) is 4.98 Å². The van der Waals surface area contributed by atoms with Gasteiger partial charge in [-0.15, -0.1) is 0 Å². The highest BCUT2D eigenvalue weighted by Crippen LogP contribution is 2.34. The van der Waals surface area contributed by atoms with Crippen LogP contribution < -0.4 is 11.1 Å². The maximum Gasteiger partial charge on any atom is 0.416 e. The van der Waals surface area contributed by atoms with Gasteiger partial charge in [0, 0.05) is 21.4 Å². The van der Waals surface area contributed by atoms with E-state index in [2.05, 4.69) is 26.2 Å². The molecule has 3 N–H and O–H groups in total. The lowest BCUT2D eigenvalue weighted by Crippen LogP contribution is -2.06. The van der Waals surface area contributed by atoms with Crippen molar-refractivity contribution in [3.8, 4) is 0 Å². The summed E-state index contributed by atoms with van der Waals surface area (Å²) in [6.07, 6.45) is -2.99. The van der Waals surface area contributed by atoms with Crippen molar-refractivity contribution in [2.24, 2.45) is 0 Å². The van der Waals surface area contributed by atoms with Crippen molar-refractivity contribution in [1.29, 1.82) is 0 Å². The van der Waals surface area contributed by atoms with E-state index in [1.165, 1.54) is 12.3 Å². The van der Waals surface area contributed by atoms with Gasteiger partial charge in [-0.25, -0.2) is 4.98 Å². The Morgan fingerprint density at radius 2 is 1.90 bits per heavy atom. The van der Waals surface area contributed by atoms with Gasteiger partial charge < -0.3 is 11.1 Å². The normalized spacial score (nSPS) is 11.4. The van der Waals surface area contributed by atoms with E-state index in [0.29, 0.717) is 10.2 Å². The molecule has 0 fully saturated rings. The molecule has 106 valence electrons. The summed E-state index contributed by atoms with van der Waals surface area (Å²) < 4.78 is 38.7. The number of nitrogen functional groups attached to an aromatic ring is 1. The molecule has 20 heavy (non-hydrogen) atoms. The average molecular weight is 367 g/mol. The minimum Gasteiger partial charge on any atom is -0.396 e. The van der Waals surface area contributed by atoms with Crippen molar-refractivity contribution in [1.82, 2.24) is 4.98 Å². The van der Waals surface area contributed by atoms with Crippen LogP contribution in [0.25, 0.3) is 0 Å². The Hall–Kier alpha value is -1.47. The molecule has 1 aromatic heterocycles. The number of alkyl halides is 3. The SMILES string of the molecule is Nc1cc(Br)cnc1Nc1cc(Cl)cc(C(F)(F)F)c1. The predicted octanol–water partition coefficient (Wildman–Crippen LogP) is 4.84. The zero-order valence-electron chi connectivity index (χ0n) is 9.80. The number of hydrogen-bond donors (Lipinski definition) is 2. The number of nitrogens with two attached hydrogens (primary N) is 1. The van der Waals surface area contributed by atoms with E-state index in [4.69, 9.17) is 17.3 Å². The van der Waals surface area contributed by atoms with Gasteiger partial charge in [0.15, 0.2) is 5.82 Å². The van der Waals surface area contributed by atoms with Crippen LogP contribution in [0.3, 0.4) is 0 Å². The molecule has 0 amide bonds. The van der Waals surface area contributed by atoms with E-state index in [0.717, 1.165) is 12.1 Å². The molecule has 2 aromatic rings. The molecule has 0 unspecified atom stereocenters. The van der Waals surface area contributed by atoms with Gasteiger partial charge in [0.05, 0.1) is 11.3 Å². The number of benzene rings is 1. The maximum atomic E-state index is 12.7. The summed E-state index contributed by atoms with van der Waals surface area (Å²) in [6, 6.07) is 4.74. The molecular weight excluding hydrogens is 359 g/mol. The Morgan fingerprint density at radius 1 is 1.20 bits per heavy atom. The first-order chi connectivity index (χ1) is 9.25. The summed E-state index contributed by atoms with van der Waals surface area (Å²) in [7, 11) is 0. The zero-order valence-corrected chi connectivity index (χ0v) is 12.1. The van der Waals surface area contributed by atoms with E-state index in [-0.39, 0.29) is 16.5 Å². The first-order valence-corrected chi connectivity index (χ1v) is 6.48. The fourth-order valence-electron chi connectivity index (χ4n) is 1.52. The number of aromatic nitrogens is 1. The van der Waals surface area contributed by atoms with Crippen molar-refractivity contribution < 1.29 is 13.2 Å². The summed E-state index contributed by atoms with van der Waals surface area (Å²) in [5.41, 5.74) is 5.33. The van der Waals surface area contributed by atoms with Gasteiger partial charge in [0.1, 0.15) is 0 Å². The summed E-state index contributed by atoms with van der Waals surface area (Å²) in [5, 5.41) is 2.68. The lowest BCUT2D eigenvalue weighted by atomic mass is 10.2. The molecule has 0 aliphatic rings. The van der Waals surface area contributed by atoms with Crippen molar-refractivity contribution >= 4 is 44.7 Å². The van der Waals surface area contributed by atoms with Gasteiger partial charge in [0.25, 0.3) is 0 Å². The molecular formula is C12H8BrClF3N3. The molecule has 0 atom stereocenters. The number of nitrogens with zero attached hydrogens (tertiary/aromatic N) is 1. The number of nitrogens with one attached hydrogen (secondary N) is 1. The minimum atomic E-state index is -4.47. The standard InChI is InChI=1S/C12H8BrClF3N3/c13-7-3-10(18)11(19-5-7)20-9-2-6(12(15,16)17)1-8(14)4-9/h1-5H,18H2,(H,19,20). The Balaban J connectivity index is 2.36. The molecule has 0 aliphatic heterocycles. The number of halogens is 5. The highest BCUT2D eigenvalue weighted by molar-refractivity contribution is 9.10. The third-order valence-electron chi connectivity index (χ3n) is 2.37. The van der Waals surface area contributed by atoms with Crippen LogP contribution in [0.4, 0.5) is 30.4 Å². The number of rotatable bonds is 2. The Labute approximate surface area is 126 Å². The quantitative estimate of drug-likeness (QED) is 0.799. The summed E-state index contributed by atoms with van der Waals surface area (Å²) in [6.45, 7) is 0. The van der Waals surface area contributed by atoms with Crippen LogP contribution in [0.2, 0.25) is 5.02 Å². The predicted molar refractivity (Wildman–Crippen MR) is 76.1 cm³/mol. The highest BCUT2D eigenvalue weighted by Gasteiger charge is 2.31. The third kappa shape index (κ3) is 3.55. The van der Waals surface area contributed by atoms with Gasteiger partial charge in [-0.05, 0) is 40.2 Å². The van der Waals surface area contributed by atoms with E-state index in [1.807, 2.05) is 0 Å². The van der Waals surface area contributed by atoms with Gasteiger partial charge in [-0.2, -0.15) is 13.2 Å². The Bertz CT molecular complexity index is 646. The van der Waals surface area contributed by atoms with Crippen molar-refractivity contribution in [3.05, 3.63) is 45.5 Å². The monoisotopic (exact) mass is 365 g/mol. The fourth-order valence-corrected chi connectivity index (χ4v) is 2.11. The van der Waals surface area contributed by atoms with Gasteiger partial charge in [-0.1, -0.05) is 11.6 Å². The van der Waals surface area contributed by atoms with Crippen molar-refractivity contribution in [2.45, 2.75) is 6.18 Å². The minimum absolute atomic E-state index is 0.0296. The average Bonchev–Trinajstić information content (AvgIpc) is 2.31. The zero-order chi connectivity index (χ0) is 14.9. The highest BCUT2D eigenvalue weighted by atomic mass is 79.9. The molecule has 0 saturated carbocycles. The molecule has 1 heterocycles. The largest absolute Gasteiger partial charge is 0.416 e. The second-order valence-corrected chi connectivity index (χ2v) is 5.29. The molecule has 3 nitrogen and oxygen atoms in total. The smallest absolute Gasteiger partial charge is 0.396 e. The van der Waals surface area contributed by atoms with E-state index in [1.54, 1.807) is 6.07 Å². The van der Waals surface area contributed by atoms with Crippen LogP contribution in [0.1, 0.15) is 5.56 Å². The first kappa shape index (κ1) is 14.9. The maximum absolute atomic E-state index is 12.7. The second-order valence-electron chi connectivity index (χ2n) is 3.94. The number of anilines is 3. The fraction of sp³-hybridized carbons (Fsp3) is 0.0833. The number of hydrogen-bond acceptors (Lipinski definition) is 3. The van der Waals surface area contributed by atoms with Crippen LogP contribution in [0.5, 0.6) is 0 Å². The van der Waals surface area contributed by atoms with Crippen LogP contribution >= 0.6 is 27.5 Å².